The van der Waals surface area contributed by atoms with Crippen LogP contribution in [-0.4, -0.2) is 17.0 Å². The van der Waals surface area contributed by atoms with E-state index in [2.05, 4.69) is 68.0 Å². The summed E-state index contributed by atoms with van der Waals surface area (Å²) in [6.07, 6.45) is 10.7. The van der Waals surface area contributed by atoms with Crippen LogP contribution in [0, 0.1) is 28.6 Å². The molecule has 2 aliphatic carbocycles. The molecule has 2 rings (SSSR count). The molecular formula is C27H48O2. The van der Waals surface area contributed by atoms with Gasteiger partial charge in [0, 0.05) is 5.92 Å². The standard InChI is InChI=1S/C27H48O2/c1-10-26(6,7)23(18-25(3,4)5)20-16-15-19(2)22(17-20)24(28)29-27(8,9)21-13-11-12-14-21/h16,21-24,28H,2,10-15,17-18H2,1,3-9H3. The van der Waals surface area contributed by atoms with Gasteiger partial charge in [-0.1, -0.05) is 84.6 Å². The summed E-state index contributed by atoms with van der Waals surface area (Å²) in [5, 5.41) is 11.1. The minimum atomic E-state index is -0.762. The highest BCUT2D eigenvalue weighted by Gasteiger charge is 2.40. The highest BCUT2D eigenvalue weighted by molar-refractivity contribution is 5.24. The van der Waals surface area contributed by atoms with Gasteiger partial charge in [-0.05, 0) is 68.6 Å². The molecule has 3 unspecified atom stereocenters. The summed E-state index contributed by atoms with van der Waals surface area (Å²) in [6, 6.07) is 0. The second kappa shape index (κ2) is 9.27. The maximum atomic E-state index is 11.1. The van der Waals surface area contributed by atoms with Crippen molar-refractivity contribution in [2.45, 2.75) is 119 Å². The molecule has 1 fully saturated rings. The highest BCUT2D eigenvalue weighted by Crippen LogP contribution is 2.48. The van der Waals surface area contributed by atoms with Gasteiger partial charge >= 0.3 is 0 Å². The van der Waals surface area contributed by atoms with Crippen LogP contribution in [0.1, 0.15) is 107 Å². The van der Waals surface area contributed by atoms with E-state index in [0.717, 1.165) is 24.8 Å². The van der Waals surface area contributed by atoms with Crippen molar-refractivity contribution >= 4 is 0 Å². The summed E-state index contributed by atoms with van der Waals surface area (Å²) in [5.41, 5.74) is 2.88. The lowest BCUT2D eigenvalue weighted by molar-refractivity contribution is -0.209. The van der Waals surface area contributed by atoms with Crippen molar-refractivity contribution in [3.63, 3.8) is 0 Å². The van der Waals surface area contributed by atoms with E-state index in [-0.39, 0.29) is 22.3 Å². The molecule has 1 saturated carbocycles. The monoisotopic (exact) mass is 404 g/mol. The lowest BCUT2D eigenvalue weighted by atomic mass is 9.64. The molecule has 0 saturated heterocycles. The molecule has 0 aromatic rings. The Bertz CT molecular complexity index is 584. The van der Waals surface area contributed by atoms with E-state index < -0.39 is 6.29 Å². The van der Waals surface area contributed by atoms with Gasteiger partial charge in [-0.25, -0.2) is 0 Å². The SMILES string of the molecule is C=C1CC=C(C(CC(C)(C)C)C(C)(C)CC)CC1C(O)OC(C)(C)C1CCCC1. The molecular weight excluding hydrogens is 356 g/mol. The predicted molar refractivity (Wildman–Crippen MR) is 125 cm³/mol. The zero-order chi connectivity index (χ0) is 22.0. The Labute approximate surface area is 181 Å². The van der Waals surface area contributed by atoms with Crippen LogP contribution in [0.3, 0.4) is 0 Å². The van der Waals surface area contributed by atoms with E-state index in [0.29, 0.717) is 11.8 Å². The van der Waals surface area contributed by atoms with Gasteiger partial charge in [-0.15, -0.1) is 0 Å². The van der Waals surface area contributed by atoms with Crippen LogP contribution >= 0.6 is 0 Å². The Morgan fingerprint density at radius 2 is 1.69 bits per heavy atom. The molecule has 168 valence electrons. The largest absolute Gasteiger partial charge is 0.367 e. The number of hydrogen-bond donors (Lipinski definition) is 1. The Morgan fingerprint density at radius 1 is 1.10 bits per heavy atom. The Balaban J connectivity index is 2.17. The number of hydrogen-bond acceptors (Lipinski definition) is 2. The van der Waals surface area contributed by atoms with Crippen LogP contribution in [0.15, 0.2) is 23.8 Å². The van der Waals surface area contributed by atoms with Crippen LogP contribution in [-0.2, 0) is 4.74 Å². The van der Waals surface area contributed by atoms with E-state index in [9.17, 15) is 5.11 Å². The zero-order valence-corrected chi connectivity index (χ0v) is 20.6. The van der Waals surface area contributed by atoms with Crippen molar-refractivity contribution in [1.29, 1.82) is 0 Å². The first-order valence-corrected chi connectivity index (χ1v) is 12.0. The van der Waals surface area contributed by atoms with E-state index in [1.165, 1.54) is 37.7 Å². The van der Waals surface area contributed by atoms with Crippen LogP contribution in [0.25, 0.3) is 0 Å². The Hall–Kier alpha value is -0.600. The molecule has 0 amide bonds. The summed E-state index contributed by atoms with van der Waals surface area (Å²) in [5.74, 6) is 1.08. The molecule has 1 N–H and O–H groups in total. The number of aliphatic hydroxyl groups excluding tert-OH is 1. The summed E-state index contributed by atoms with van der Waals surface area (Å²) < 4.78 is 6.34. The number of aliphatic hydroxyl groups is 1. The molecule has 0 heterocycles. The molecule has 0 aliphatic heterocycles. The van der Waals surface area contributed by atoms with Gasteiger partial charge in [0.1, 0.15) is 0 Å². The predicted octanol–water partition coefficient (Wildman–Crippen LogP) is 7.67. The molecule has 2 heteroatoms. The fourth-order valence-corrected chi connectivity index (χ4v) is 5.36. The van der Waals surface area contributed by atoms with Crippen molar-refractivity contribution < 1.29 is 9.84 Å². The number of allylic oxidation sites excluding steroid dienone is 2. The molecule has 0 bridgehead atoms. The first-order chi connectivity index (χ1) is 13.3. The normalized spacial score (nSPS) is 24.5. The van der Waals surface area contributed by atoms with Crippen molar-refractivity contribution in [2.75, 3.05) is 0 Å². The van der Waals surface area contributed by atoms with Crippen molar-refractivity contribution in [1.82, 2.24) is 0 Å². The second-order valence-corrected chi connectivity index (χ2v) is 12.2. The van der Waals surface area contributed by atoms with Gasteiger partial charge in [0.2, 0.25) is 0 Å². The highest BCUT2D eigenvalue weighted by atomic mass is 16.6. The van der Waals surface area contributed by atoms with Gasteiger partial charge in [0.15, 0.2) is 6.29 Å². The minimum Gasteiger partial charge on any atom is -0.367 e. The summed E-state index contributed by atoms with van der Waals surface area (Å²) >= 11 is 0. The summed E-state index contributed by atoms with van der Waals surface area (Å²) in [6.45, 7) is 22.8. The number of rotatable bonds is 8. The van der Waals surface area contributed by atoms with E-state index in [1.807, 2.05) is 0 Å². The average molecular weight is 405 g/mol. The van der Waals surface area contributed by atoms with E-state index >= 15 is 0 Å². The molecule has 0 aromatic carbocycles. The van der Waals surface area contributed by atoms with Crippen LogP contribution in [0.2, 0.25) is 0 Å². The Morgan fingerprint density at radius 3 is 2.21 bits per heavy atom. The van der Waals surface area contributed by atoms with E-state index in [4.69, 9.17) is 4.74 Å². The van der Waals surface area contributed by atoms with Gasteiger partial charge < -0.3 is 9.84 Å². The maximum absolute atomic E-state index is 11.1. The summed E-state index contributed by atoms with van der Waals surface area (Å²) in [7, 11) is 0. The molecule has 0 aromatic heterocycles. The van der Waals surface area contributed by atoms with Crippen LogP contribution in [0.5, 0.6) is 0 Å². The smallest absolute Gasteiger partial charge is 0.162 e. The molecule has 3 atom stereocenters. The quantitative estimate of drug-likeness (QED) is 0.332. The first-order valence-electron chi connectivity index (χ1n) is 12.0. The van der Waals surface area contributed by atoms with E-state index in [1.54, 1.807) is 0 Å². The van der Waals surface area contributed by atoms with Crippen molar-refractivity contribution in [3.05, 3.63) is 23.8 Å². The third-order valence-electron chi connectivity index (χ3n) is 7.83. The average Bonchev–Trinajstić information content (AvgIpc) is 3.14. The third-order valence-corrected chi connectivity index (χ3v) is 7.83. The first kappa shape index (κ1) is 24.7. The zero-order valence-electron chi connectivity index (χ0n) is 20.6. The molecule has 0 radical (unpaired) electrons. The topological polar surface area (TPSA) is 29.5 Å². The molecule has 2 aliphatic rings. The van der Waals surface area contributed by atoms with Crippen molar-refractivity contribution in [2.24, 2.45) is 28.6 Å². The van der Waals surface area contributed by atoms with Gasteiger partial charge in [0.05, 0.1) is 5.60 Å². The number of ether oxygens (including phenoxy) is 1. The third kappa shape index (κ3) is 6.44. The lowest BCUT2D eigenvalue weighted by Gasteiger charge is -2.43. The molecule has 2 nitrogen and oxygen atoms in total. The fraction of sp³-hybridized carbons (Fsp3) is 0.852. The van der Waals surface area contributed by atoms with Crippen LogP contribution in [0.4, 0.5) is 0 Å². The summed E-state index contributed by atoms with van der Waals surface area (Å²) in [4.78, 5) is 0. The lowest BCUT2D eigenvalue weighted by Crippen LogP contribution is -2.41. The van der Waals surface area contributed by atoms with Gasteiger partial charge in [-0.3, -0.25) is 0 Å². The van der Waals surface area contributed by atoms with Gasteiger partial charge in [-0.2, -0.15) is 0 Å². The fourth-order valence-electron chi connectivity index (χ4n) is 5.36. The maximum Gasteiger partial charge on any atom is 0.162 e. The van der Waals surface area contributed by atoms with Gasteiger partial charge in [0.25, 0.3) is 0 Å². The van der Waals surface area contributed by atoms with Crippen LogP contribution < -0.4 is 0 Å². The van der Waals surface area contributed by atoms with Crippen molar-refractivity contribution in [3.8, 4) is 0 Å². The molecule has 0 spiro atoms. The Kier molecular flexibility index (Phi) is 7.88. The second-order valence-electron chi connectivity index (χ2n) is 12.2. The molecule has 29 heavy (non-hydrogen) atoms. The minimum absolute atomic E-state index is 0.00537.